The minimum atomic E-state index is 0.0625. The summed E-state index contributed by atoms with van der Waals surface area (Å²) in [5.74, 6) is 0.330. The lowest BCUT2D eigenvalue weighted by molar-refractivity contribution is -0.135. The Kier molecular flexibility index (Phi) is 6.42. The molecule has 1 aliphatic rings. The summed E-state index contributed by atoms with van der Waals surface area (Å²) in [4.78, 5) is 13.5. The third-order valence-electron chi connectivity index (χ3n) is 3.01. The number of rotatable bonds is 7. The van der Waals surface area contributed by atoms with Gasteiger partial charge in [0.25, 0.3) is 0 Å². The van der Waals surface area contributed by atoms with E-state index >= 15 is 0 Å². The van der Waals surface area contributed by atoms with Crippen LogP contribution in [0.3, 0.4) is 0 Å². The highest BCUT2D eigenvalue weighted by atomic mass is 16.5. The smallest absolute Gasteiger partial charge is 0.248 e. The van der Waals surface area contributed by atoms with E-state index in [0.717, 1.165) is 25.8 Å². The highest BCUT2D eigenvalue weighted by Crippen LogP contribution is 2.15. The van der Waals surface area contributed by atoms with Crippen molar-refractivity contribution in [2.75, 3.05) is 32.9 Å². The molecule has 0 saturated carbocycles. The standard InChI is InChI=1S/C12H23NO3/c1-2-3-4-7-16-10-12(15)13-6-5-11(8-13)9-14/h11,14H,2-10H2,1H3. The van der Waals surface area contributed by atoms with Gasteiger partial charge in [-0.2, -0.15) is 0 Å². The number of amides is 1. The van der Waals surface area contributed by atoms with Crippen LogP contribution in [0.1, 0.15) is 32.6 Å². The lowest BCUT2D eigenvalue weighted by Gasteiger charge is -2.16. The molecule has 0 radical (unpaired) electrons. The van der Waals surface area contributed by atoms with Crippen molar-refractivity contribution < 1.29 is 14.6 Å². The number of carbonyl (C=O) groups is 1. The second-order valence-corrected chi connectivity index (χ2v) is 4.44. The molecule has 1 unspecified atom stereocenters. The summed E-state index contributed by atoms with van der Waals surface area (Å²) in [5, 5.41) is 8.97. The first-order valence-electron chi connectivity index (χ1n) is 6.24. The summed E-state index contributed by atoms with van der Waals surface area (Å²) >= 11 is 0. The van der Waals surface area contributed by atoms with Gasteiger partial charge in [0, 0.05) is 32.2 Å². The van der Waals surface area contributed by atoms with E-state index in [0.29, 0.717) is 13.2 Å². The van der Waals surface area contributed by atoms with Gasteiger partial charge in [0.05, 0.1) is 0 Å². The van der Waals surface area contributed by atoms with Crippen LogP contribution in [0.4, 0.5) is 0 Å². The van der Waals surface area contributed by atoms with Crippen molar-refractivity contribution in [3.63, 3.8) is 0 Å². The summed E-state index contributed by atoms with van der Waals surface area (Å²) in [5.41, 5.74) is 0. The number of unbranched alkanes of at least 4 members (excludes halogenated alkanes) is 2. The van der Waals surface area contributed by atoms with Gasteiger partial charge in [0.2, 0.25) is 5.91 Å². The zero-order chi connectivity index (χ0) is 11.8. The first-order chi connectivity index (χ1) is 7.77. The lowest BCUT2D eigenvalue weighted by Crippen LogP contribution is -2.32. The highest BCUT2D eigenvalue weighted by Gasteiger charge is 2.25. The molecule has 0 aromatic rings. The number of nitrogens with zero attached hydrogens (tertiary/aromatic N) is 1. The van der Waals surface area contributed by atoms with E-state index in [-0.39, 0.29) is 25.0 Å². The van der Waals surface area contributed by atoms with Crippen molar-refractivity contribution in [2.45, 2.75) is 32.6 Å². The number of hydrogen-bond donors (Lipinski definition) is 1. The average Bonchev–Trinajstić information content (AvgIpc) is 2.77. The first-order valence-corrected chi connectivity index (χ1v) is 6.24. The molecule has 1 fully saturated rings. The van der Waals surface area contributed by atoms with Crippen LogP contribution in [0.25, 0.3) is 0 Å². The molecule has 4 nitrogen and oxygen atoms in total. The monoisotopic (exact) mass is 229 g/mol. The second-order valence-electron chi connectivity index (χ2n) is 4.44. The quantitative estimate of drug-likeness (QED) is 0.663. The molecule has 4 heteroatoms. The van der Waals surface area contributed by atoms with Gasteiger partial charge in [0.15, 0.2) is 0 Å². The van der Waals surface area contributed by atoms with Crippen molar-refractivity contribution in [2.24, 2.45) is 5.92 Å². The molecular formula is C12H23NO3. The molecule has 1 N–H and O–H groups in total. The molecule has 16 heavy (non-hydrogen) atoms. The summed E-state index contributed by atoms with van der Waals surface area (Å²) in [6.07, 6.45) is 4.27. The van der Waals surface area contributed by atoms with Gasteiger partial charge < -0.3 is 14.7 Å². The fourth-order valence-electron chi connectivity index (χ4n) is 1.91. The third kappa shape index (κ3) is 4.49. The Balaban J connectivity index is 2.06. The highest BCUT2D eigenvalue weighted by molar-refractivity contribution is 5.77. The Labute approximate surface area is 97.6 Å². The van der Waals surface area contributed by atoms with Crippen LogP contribution >= 0.6 is 0 Å². The number of aliphatic hydroxyl groups excluding tert-OH is 1. The van der Waals surface area contributed by atoms with Gasteiger partial charge in [0.1, 0.15) is 6.61 Å². The predicted molar refractivity (Wildman–Crippen MR) is 62.1 cm³/mol. The van der Waals surface area contributed by atoms with Gasteiger partial charge in [-0.05, 0) is 12.8 Å². The lowest BCUT2D eigenvalue weighted by atomic mass is 10.1. The van der Waals surface area contributed by atoms with Crippen LogP contribution in [-0.4, -0.2) is 48.8 Å². The molecule has 1 heterocycles. The average molecular weight is 229 g/mol. The molecular weight excluding hydrogens is 206 g/mol. The van der Waals surface area contributed by atoms with Crippen LogP contribution in [-0.2, 0) is 9.53 Å². The number of carbonyl (C=O) groups excluding carboxylic acids is 1. The summed E-state index contributed by atoms with van der Waals surface area (Å²) in [6.45, 7) is 4.65. The molecule has 1 aliphatic heterocycles. The molecule has 0 aromatic carbocycles. The van der Waals surface area contributed by atoms with E-state index in [4.69, 9.17) is 9.84 Å². The Morgan fingerprint density at radius 2 is 2.31 bits per heavy atom. The Hall–Kier alpha value is -0.610. The van der Waals surface area contributed by atoms with Crippen LogP contribution in [0.2, 0.25) is 0 Å². The van der Waals surface area contributed by atoms with Crippen molar-refractivity contribution in [3.8, 4) is 0 Å². The maximum Gasteiger partial charge on any atom is 0.248 e. The third-order valence-corrected chi connectivity index (χ3v) is 3.01. The summed E-state index contributed by atoms with van der Waals surface area (Å²) < 4.78 is 5.33. The molecule has 1 rings (SSSR count). The SMILES string of the molecule is CCCCCOCC(=O)N1CCC(CO)C1. The molecule has 1 amide bonds. The Morgan fingerprint density at radius 3 is 2.94 bits per heavy atom. The van der Waals surface area contributed by atoms with Crippen molar-refractivity contribution in [3.05, 3.63) is 0 Å². The van der Waals surface area contributed by atoms with E-state index in [9.17, 15) is 4.79 Å². The minimum Gasteiger partial charge on any atom is -0.396 e. The van der Waals surface area contributed by atoms with E-state index in [1.807, 2.05) is 0 Å². The van der Waals surface area contributed by atoms with Crippen LogP contribution in [0.5, 0.6) is 0 Å². The van der Waals surface area contributed by atoms with Crippen molar-refractivity contribution >= 4 is 5.91 Å². The second kappa shape index (κ2) is 7.63. The summed E-state index contributed by atoms with van der Waals surface area (Å²) in [7, 11) is 0. The zero-order valence-electron chi connectivity index (χ0n) is 10.2. The molecule has 94 valence electrons. The molecule has 0 spiro atoms. The Bertz CT molecular complexity index is 208. The maximum atomic E-state index is 11.7. The summed E-state index contributed by atoms with van der Waals surface area (Å²) in [6, 6.07) is 0. The molecule has 0 aliphatic carbocycles. The molecule has 1 atom stereocenters. The van der Waals surface area contributed by atoms with Gasteiger partial charge >= 0.3 is 0 Å². The number of aliphatic hydroxyl groups is 1. The van der Waals surface area contributed by atoms with E-state index < -0.39 is 0 Å². The van der Waals surface area contributed by atoms with E-state index in [1.54, 1.807) is 4.90 Å². The normalized spacial score (nSPS) is 20.4. The van der Waals surface area contributed by atoms with Crippen LogP contribution in [0, 0.1) is 5.92 Å². The molecule has 1 saturated heterocycles. The van der Waals surface area contributed by atoms with Gasteiger partial charge in [-0.15, -0.1) is 0 Å². The van der Waals surface area contributed by atoms with Gasteiger partial charge in [-0.3, -0.25) is 4.79 Å². The van der Waals surface area contributed by atoms with Crippen molar-refractivity contribution in [1.82, 2.24) is 4.90 Å². The fraction of sp³-hybridized carbons (Fsp3) is 0.917. The number of likely N-dealkylation sites (tertiary alicyclic amines) is 1. The van der Waals surface area contributed by atoms with Crippen LogP contribution in [0.15, 0.2) is 0 Å². The Morgan fingerprint density at radius 1 is 1.50 bits per heavy atom. The number of ether oxygens (including phenoxy) is 1. The van der Waals surface area contributed by atoms with Gasteiger partial charge in [-0.25, -0.2) is 0 Å². The predicted octanol–water partition coefficient (Wildman–Crippen LogP) is 1.03. The zero-order valence-corrected chi connectivity index (χ0v) is 10.2. The fourth-order valence-corrected chi connectivity index (χ4v) is 1.91. The largest absolute Gasteiger partial charge is 0.396 e. The van der Waals surface area contributed by atoms with Crippen LogP contribution < -0.4 is 0 Å². The first kappa shape index (κ1) is 13.5. The molecule has 0 bridgehead atoms. The number of hydrogen-bond acceptors (Lipinski definition) is 3. The van der Waals surface area contributed by atoms with E-state index in [1.165, 1.54) is 6.42 Å². The van der Waals surface area contributed by atoms with E-state index in [2.05, 4.69) is 6.92 Å². The minimum absolute atomic E-state index is 0.0625. The van der Waals surface area contributed by atoms with Gasteiger partial charge in [-0.1, -0.05) is 19.8 Å². The van der Waals surface area contributed by atoms with Crippen molar-refractivity contribution in [1.29, 1.82) is 0 Å². The molecule has 0 aromatic heterocycles. The topological polar surface area (TPSA) is 49.8 Å². The maximum absolute atomic E-state index is 11.7.